The predicted molar refractivity (Wildman–Crippen MR) is 146 cm³/mol. The second kappa shape index (κ2) is 10.7. The van der Waals surface area contributed by atoms with Crippen molar-refractivity contribution in [3.05, 3.63) is 87.6 Å². The van der Waals surface area contributed by atoms with Crippen LogP contribution in [-0.2, 0) is 20.7 Å². The SMILES string of the molecule is CC(C)(C)OC(=O)c1ccc(C[C@@H]2C[C@H](c3cccs3)ON2c2ccc(C(=O)OC(C)(C)C)cc2)cc1. The first-order valence-corrected chi connectivity index (χ1v) is 13.4. The molecule has 1 aliphatic rings. The Morgan fingerprint density at radius 3 is 1.89 bits per heavy atom. The molecule has 0 bridgehead atoms. The smallest absolute Gasteiger partial charge is 0.338 e. The number of anilines is 1. The molecule has 1 aromatic heterocycles. The molecule has 2 heterocycles. The van der Waals surface area contributed by atoms with Crippen molar-refractivity contribution in [2.45, 2.75) is 77.7 Å². The van der Waals surface area contributed by atoms with Crippen LogP contribution in [0.5, 0.6) is 0 Å². The van der Waals surface area contributed by atoms with Crippen molar-refractivity contribution in [1.82, 2.24) is 0 Å². The number of benzene rings is 2. The number of rotatable bonds is 6. The van der Waals surface area contributed by atoms with E-state index in [1.807, 2.05) is 89.1 Å². The van der Waals surface area contributed by atoms with Crippen LogP contribution in [0.1, 0.15) is 85.2 Å². The van der Waals surface area contributed by atoms with Crippen LogP contribution in [0.4, 0.5) is 5.69 Å². The van der Waals surface area contributed by atoms with Gasteiger partial charge in [0.05, 0.1) is 22.9 Å². The highest BCUT2D eigenvalue weighted by molar-refractivity contribution is 7.10. The Hall–Kier alpha value is -3.16. The lowest BCUT2D eigenvalue weighted by Gasteiger charge is -2.25. The minimum atomic E-state index is -0.550. The maximum Gasteiger partial charge on any atom is 0.338 e. The zero-order valence-electron chi connectivity index (χ0n) is 22.3. The molecule has 1 aliphatic heterocycles. The number of nitrogens with zero attached hydrogens (tertiary/aromatic N) is 1. The standard InChI is InChI=1S/C30H35NO5S/c1-29(2,3)34-27(32)21-11-9-20(10-12-21)18-24-19-25(26-8-7-17-37-26)36-31(24)23-15-13-22(14-16-23)28(33)35-30(4,5)6/h7-17,24-25H,18-19H2,1-6H3/t24-,25-/m1/s1. The minimum Gasteiger partial charge on any atom is -0.456 e. The zero-order chi connectivity index (χ0) is 26.8. The van der Waals surface area contributed by atoms with Gasteiger partial charge in [-0.2, -0.15) is 0 Å². The zero-order valence-corrected chi connectivity index (χ0v) is 23.1. The van der Waals surface area contributed by atoms with Crippen LogP contribution in [0.2, 0.25) is 0 Å². The third-order valence-electron chi connectivity index (χ3n) is 5.74. The summed E-state index contributed by atoms with van der Waals surface area (Å²) in [6, 6.07) is 19.1. The van der Waals surface area contributed by atoms with Gasteiger partial charge in [0.1, 0.15) is 17.3 Å². The van der Waals surface area contributed by atoms with Gasteiger partial charge in [-0.1, -0.05) is 18.2 Å². The fourth-order valence-corrected chi connectivity index (χ4v) is 4.92. The summed E-state index contributed by atoms with van der Waals surface area (Å²) in [7, 11) is 0. The topological polar surface area (TPSA) is 65.1 Å². The third-order valence-corrected chi connectivity index (χ3v) is 6.70. The number of carbonyl (C=O) groups is 2. The van der Waals surface area contributed by atoms with Crippen molar-refractivity contribution in [2.75, 3.05) is 5.06 Å². The van der Waals surface area contributed by atoms with E-state index < -0.39 is 11.2 Å². The molecule has 0 aliphatic carbocycles. The average Bonchev–Trinajstić information content (AvgIpc) is 3.48. The lowest BCUT2D eigenvalue weighted by molar-refractivity contribution is 0.00570. The molecule has 0 unspecified atom stereocenters. The lowest BCUT2D eigenvalue weighted by atomic mass is 9.99. The minimum absolute atomic E-state index is 0.0448. The number of hydroxylamine groups is 1. The van der Waals surface area contributed by atoms with Gasteiger partial charge >= 0.3 is 11.9 Å². The molecule has 0 N–H and O–H groups in total. The van der Waals surface area contributed by atoms with E-state index in [0.717, 1.165) is 24.1 Å². The van der Waals surface area contributed by atoms with Crippen LogP contribution < -0.4 is 5.06 Å². The van der Waals surface area contributed by atoms with Crippen LogP contribution in [0.3, 0.4) is 0 Å². The van der Waals surface area contributed by atoms with Crippen molar-refractivity contribution in [1.29, 1.82) is 0 Å². The van der Waals surface area contributed by atoms with E-state index >= 15 is 0 Å². The largest absolute Gasteiger partial charge is 0.456 e. The molecule has 0 spiro atoms. The Morgan fingerprint density at radius 2 is 1.41 bits per heavy atom. The van der Waals surface area contributed by atoms with E-state index in [2.05, 4.69) is 11.4 Å². The van der Waals surface area contributed by atoms with Crippen molar-refractivity contribution >= 4 is 29.0 Å². The van der Waals surface area contributed by atoms with Crippen LogP contribution >= 0.6 is 11.3 Å². The molecule has 7 heteroatoms. The highest BCUT2D eigenvalue weighted by Crippen LogP contribution is 2.39. The van der Waals surface area contributed by atoms with Crippen LogP contribution in [0.25, 0.3) is 0 Å². The van der Waals surface area contributed by atoms with Gasteiger partial charge in [0.15, 0.2) is 0 Å². The first-order chi connectivity index (χ1) is 17.4. The van der Waals surface area contributed by atoms with Gasteiger partial charge in [0.2, 0.25) is 0 Å². The number of carbonyl (C=O) groups excluding carboxylic acids is 2. The summed E-state index contributed by atoms with van der Waals surface area (Å²) in [4.78, 5) is 32.5. The molecule has 196 valence electrons. The van der Waals surface area contributed by atoms with Gasteiger partial charge in [-0.25, -0.2) is 14.7 Å². The summed E-state index contributed by atoms with van der Waals surface area (Å²) in [6.07, 6.45) is 1.52. The monoisotopic (exact) mass is 521 g/mol. The molecule has 2 aromatic carbocycles. The van der Waals surface area contributed by atoms with Crippen LogP contribution in [-0.4, -0.2) is 29.2 Å². The summed E-state index contributed by atoms with van der Waals surface area (Å²) >= 11 is 1.68. The lowest BCUT2D eigenvalue weighted by Crippen LogP contribution is -2.30. The van der Waals surface area contributed by atoms with E-state index in [1.54, 1.807) is 23.5 Å². The van der Waals surface area contributed by atoms with Crippen LogP contribution in [0.15, 0.2) is 66.0 Å². The van der Waals surface area contributed by atoms with E-state index in [0.29, 0.717) is 11.1 Å². The van der Waals surface area contributed by atoms with Crippen molar-refractivity contribution in [3.8, 4) is 0 Å². The summed E-state index contributed by atoms with van der Waals surface area (Å²) in [5, 5.41) is 4.01. The molecule has 0 saturated carbocycles. The molecular weight excluding hydrogens is 486 g/mol. The summed E-state index contributed by atoms with van der Waals surface area (Å²) in [5.74, 6) is -0.674. The molecule has 1 saturated heterocycles. The van der Waals surface area contributed by atoms with Crippen molar-refractivity contribution in [2.24, 2.45) is 0 Å². The molecular formula is C30H35NO5S. The average molecular weight is 522 g/mol. The number of ether oxygens (including phenoxy) is 2. The van der Waals surface area contributed by atoms with Crippen LogP contribution in [0, 0.1) is 0 Å². The predicted octanol–water partition coefficient (Wildman–Crippen LogP) is 7.15. The Balaban J connectivity index is 1.52. The molecule has 37 heavy (non-hydrogen) atoms. The Bertz CT molecular complexity index is 1200. The molecule has 6 nitrogen and oxygen atoms in total. The second-order valence-electron chi connectivity index (χ2n) is 11.3. The summed E-state index contributed by atoms with van der Waals surface area (Å²) in [5.41, 5.74) is 1.93. The fraction of sp³-hybridized carbons (Fsp3) is 0.400. The number of hydrogen-bond acceptors (Lipinski definition) is 7. The van der Waals surface area contributed by atoms with Gasteiger partial charge in [0, 0.05) is 11.3 Å². The maximum atomic E-state index is 12.5. The van der Waals surface area contributed by atoms with Gasteiger partial charge < -0.3 is 9.47 Å². The molecule has 0 amide bonds. The second-order valence-corrected chi connectivity index (χ2v) is 12.3. The Labute approximate surface area is 223 Å². The number of hydrogen-bond donors (Lipinski definition) is 0. The first-order valence-electron chi connectivity index (χ1n) is 12.5. The summed E-state index contributed by atoms with van der Waals surface area (Å²) < 4.78 is 11.0. The van der Waals surface area contributed by atoms with Gasteiger partial charge in [-0.3, -0.25) is 4.84 Å². The quantitative estimate of drug-likeness (QED) is 0.321. The Morgan fingerprint density at radius 1 is 0.865 bits per heavy atom. The first kappa shape index (κ1) is 26.9. The van der Waals surface area contributed by atoms with E-state index in [1.165, 1.54) is 4.88 Å². The van der Waals surface area contributed by atoms with Crippen molar-refractivity contribution in [3.63, 3.8) is 0 Å². The highest BCUT2D eigenvalue weighted by Gasteiger charge is 2.35. The highest BCUT2D eigenvalue weighted by atomic mass is 32.1. The van der Waals surface area contributed by atoms with E-state index in [9.17, 15) is 9.59 Å². The molecule has 2 atom stereocenters. The van der Waals surface area contributed by atoms with Gasteiger partial charge in [-0.15, -0.1) is 11.3 Å². The fourth-order valence-electron chi connectivity index (χ4n) is 4.16. The third kappa shape index (κ3) is 7.21. The van der Waals surface area contributed by atoms with Gasteiger partial charge in [-0.05, 0) is 101 Å². The summed E-state index contributed by atoms with van der Waals surface area (Å²) in [6.45, 7) is 11.1. The number of esters is 2. The van der Waals surface area contributed by atoms with Gasteiger partial charge in [0.25, 0.3) is 0 Å². The van der Waals surface area contributed by atoms with Crippen molar-refractivity contribution < 1.29 is 23.9 Å². The number of thiophene rings is 1. The molecule has 1 fully saturated rings. The normalized spacial score (nSPS) is 18.1. The maximum absolute atomic E-state index is 12.5. The van der Waals surface area contributed by atoms with E-state index in [4.69, 9.17) is 14.3 Å². The molecule has 4 rings (SSSR count). The molecule has 0 radical (unpaired) electrons. The van der Waals surface area contributed by atoms with E-state index in [-0.39, 0.29) is 24.1 Å². The molecule has 3 aromatic rings. The Kier molecular flexibility index (Phi) is 7.76.